The summed E-state index contributed by atoms with van der Waals surface area (Å²) in [6.45, 7) is 0.612. The zero-order chi connectivity index (χ0) is 13.7. The highest BCUT2D eigenvalue weighted by Gasteiger charge is 2.18. The van der Waals surface area contributed by atoms with E-state index in [2.05, 4.69) is 10.2 Å². The number of nitrogens with two attached hydrogens (primary N) is 1. The number of anilines is 1. The smallest absolute Gasteiger partial charge is 0.272 e. The Labute approximate surface area is 109 Å². The molecular weight excluding hydrogens is 246 g/mol. The lowest BCUT2D eigenvalue weighted by Gasteiger charge is -2.19. The van der Waals surface area contributed by atoms with Crippen molar-refractivity contribution in [3.05, 3.63) is 35.9 Å². The van der Waals surface area contributed by atoms with Gasteiger partial charge >= 0.3 is 0 Å². The van der Waals surface area contributed by atoms with E-state index in [1.165, 1.54) is 17.2 Å². The van der Waals surface area contributed by atoms with E-state index in [4.69, 9.17) is 15.4 Å². The minimum atomic E-state index is -0.268. The van der Waals surface area contributed by atoms with Crippen molar-refractivity contribution in [2.24, 2.45) is 0 Å². The molecule has 98 valence electrons. The lowest BCUT2D eigenvalue weighted by molar-refractivity contribution is 0.0729. The molecule has 19 heavy (non-hydrogen) atoms. The lowest BCUT2D eigenvalue weighted by atomic mass is 10.3. The second-order valence-corrected chi connectivity index (χ2v) is 3.92. The van der Waals surface area contributed by atoms with E-state index < -0.39 is 0 Å². The third kappa shape index (κ3) is 3.13. The maximum absolute atomic E-state index is 12.2. The standard InChI is InChI=1S/C12H13N5O2/c13-4-2-5-17(8-9-3-1-6-19-9)12(18)10-7-11(14)16-15-10/h1,3,6-7H,2,5,8H2,(H3,14,15,16). The molecule has 0 aromatic carbocycles. The summed E-state index contributed by atoms with van der Waals surface area (Å²) in [5.74, 6) is 0.635. The monoisotopic (exact) mass is 259 g/mol. The van der Waals surface area contributed by atoms with E-state index in [0.29, 0.717) is 24.5 Å². The molecule has 0 aliphatic heterocycles. The third-order valence-electron chi connectivity index (χ3n) is 2.54. The summed E-state index contributed by atoms with van der Waals surface area (Å²) >= 11 is 0. The number of hydrogen-bond donors (Lipinski definition) is 2. The molecule has 1 amide bonds. The fraction of sp³-hybridized carbons (Fsp3) is 0.250. The summed E-state index contributed by atoms with van der Waals surface area (Å²) in [4.78, 5) is 13.7. The van der Waals surface area contributed by atoms with Crippen LogP contribution in [0.25, 0.3) is 0 Å². The Balaban J connectivity index is 2.12. The number of rotatable bonds is 5. The van der Waals surface area contributed by atoms with E-state index in [1.807, 2.05) is 6.07 Å². The van der Waals surface area contributed by atoms with Gasteiger partial charge in [-0.05, 0) is 12.1 Å². The van der Waals surface area contributed by atoms with Crippen molar-refractivity contribution in [2.45, 2.75) is 13.0 Å². The van der Waals surface area contributed by atoms with E-state index in [1.54, 1.807) is 12.1 Å². The maximum atomic E-state index is 12.2. The highest BCUT2D eigenvalue weighted by Crippen LogP contribution is 2.11. The van der Waals surface area contributed by atoms with Crippen molar-refractivity contribution >= 4 is 11.7 Å². The van der Waals surface area contributed by atoms with Gasteiger partial charge in [-0.2, -0.15) is 10.4 Å². The molecule has 2 heterocycles. The normalized spacial score (nSPS) is 10.1. The van der Waals surface area contributed by atoms with E-state index in [-0.39, 0.29) is 18.1 Å². The molecule has 3 N–H and O–H groups in total. The van der Waals surface area contributed by atoms with Crippen molar-refractivity contribution in [3.63, 3.8) is 0 Å². The quantitative estimate of drug-likeness (QED) is 0.836. The van der Waals surface area contributed by atoms with Crippen LogP contribution >= 0.6 is 0 Å². The van der Waals surface area contributed by atoms with Gasteiger partial charge in [0, 0.05) is 12.6 Å². The number of nitriles is 1. The fourth-order valence-corrected chi connectivity index (χ4v) is 1.65. The summed E-state index contributed by atoms with van der Waals surface area (Å²) in [6, 6.07) is 6.99. The van der Waals surface area contributed by atoms with Gasteiger partial charge in [-0.15, -0.1) is 0 Å². The number of furan rings is 1. The van der Waals surface area contributed by atoms with Gasteiger partial charge in [-0.3, -0.25) is 9.89 Å². The zero-order valence-corrected chi connectivity index (χ0v) is 10.2. The highest BCUT2D eigenvalue weighted by molar-refractivity contribution is 5.92. The van der Waals surface area contributed by atoms with Gasteiger partial charge in [0.05, 0.1) is 25.3 Å². The number of nitrogens with one attached hydrogen (secondary N) is 1. The van der Waals surface area contributed by atoms with Gasteiger partial charge in [0.15, 0.2) is 0 Å². The average molecular weight is 259 g/mol. The molecule has 7 heteroatoms. The van der Waals surface area contributed by atoms with Gasteiger partial charge in [-0.25, -0.2) is 0 Å². The molecule has 0 atom stereocenters. The van der Waals surface area contributed by atoms with Gasteiger partial charge in [0.2, 0.25) is 0 Å². The molecular formula is C12H13N5O2. The number of nitrogen functional groups attached to an aromatic ring is 1. The molecule has 0 spiro atoms. The topological polar surface area (TPSA) is 112 Å². The Morgan fingerprint density at radius 2 is 2.47 bits per heavy atom. The third-order valence-corrected chi connectivity index (χ3v) is 2.54. The van der Waals surface area contributed by atoms with Crippen LogP contribution in [-0.4, -0.2) is 27.5 Å². The van der Waals surface area contributed by atoms with Crippen LogP contribution in [-0.2, 0) is 6.54 Å². The van der Waals surface area contributed by atoms with E-state index >= 15 is 0 Å². The Morgan fingerprint density at radius 1 is 1.63 bits per heavy atom. The van der Waals surface area contributed by atoms with Crippen LogP contribution in [0.1, 0.15) is 22.7 Å². The second kappa shape index (κ2) is 5.73. The zero-order valence-electron chi connectivity index (χ0n) is 10.2. The number of carbonyl (C=O) groups excluding carboxylic acids is 1. The van der Waals surface area contributed by atoms with Crippen molar-refractivity contribution < 1.29 is 9.21 Å². The number of aromatic amines is 1. The molecule has 0 unspecified atom stereocenters. The molecule has 0 radical (unpaired) electrons. The van der Waals surface area contributed by atoms with E-state index in [9.17, 15) is 4.79 Å². The van der Waals surface area contributed by atoms with Crippen LogP contribution in [0.3, 0.4) is 0 Å². The summed E-state index contributed by atoms with van der Waals surface area (Å²) in [7, 11) is 0. The molecule has 0 aliphatic carbocycles. The van der Waals surface area contributed by atoms with Gasteiger partial charge in [0.25, 0.3) is 5.91 Å². The highest BCUT2D eigenvalue weighted by atomic mass is 16.3. The SMILES string of the molecule is N#CCCN(Cc1ccco1)C(=O)c1cc(N)n[nH]1. The Kier molecular flexibility index (Phi) is 3.83. The van der Waals surface area contributed by atoms with Crippen LogP contribution in [0.5, 0.6) is 0 Å². The predicted octanol–water partition coefficient (Wildman–Crippen LogP) is 1.14. The molecule has 2 aromatic rings. The van der Waals surface area contributed by atoms with Gasteiger partial charge in [-0.1, -0.05) is 0 Å². The minimum absolute atomic E-state index is 0.246. The molecule has 0 bridgehead atoms. The summed E-state index contributed by atoms with van der Waals surface area (Å²) < 4.78 is 5.21. The first-order valence-corrected chi connectivity index (χ1v) is 5.70. The summed E-state index contributed by atoms with van der Waals surface area (Å²) in [6.07, 6.45) is 1.78. The Bertz CT molecular complexity index is 582. The first-order valence-electron chi connectivity index (χ1n) is 5.70. The van der Waals surface area contributed by atoms with Crippen molar-refractivity contribution in [1.29, 1.82) is 5.26 Å². The van der Waals surface area contributed by atoms with Crippen LogP contribution < -0.4 is 5.73 Å². The average Bonchev–Trinajstić information content (AvgIpc) is 3.05. The minimum Gasteiger partial charge on any atom is -0.467 e. The number of carbonyl (C=O) groups is 1. The number of nitrogens with zero attached hydrogens (tertiary/aromatic N) is 3. The molecule has 2 rings (SSSR count). The molecule has 0 aliphatic rings. The van der Waals surface area contributed by atoms with Crippen LogP contribution in [0.15, 0.2) is 28.9 Å². The first-order chi connectivity index (χ1) is 9.20. The van der Waals surface area contributed by atoms with Crippen molar-refractivity contribution in [1.82, 2.24) is 15.1 Å². The Morgan fingerprint density at radius 3 is 3.05 bits per heavy atom. The van der Waals surface area contributed by atoms with Crippen molar-refractivity contribution in [2.75, 3.05) is 12.3 Å². The number of aromatic nitrogens is 2. The maximum Gasteiger partial charge on any atom is 0.272 e. The second-order valence-electron chi connectivity index (χ2n) is 3.92. The molecule has 0 fully saturated rings. The molecule has 0 saturated heterocycles. The van der Waals surface area contributed by atoms with Crippen molar-refractivity contribution in [3.8, 4) is 6.07 Å². The molecule has 7 nitrogen and oxygen atoms in total. The van der Waals surface area contributed by atoms with Crippen LogP contribution in [0.2, 0.25) is 0 Å². The Hall–Kier alpha value is -2.75. The summed E-state index contributed by atoms with van der Waals surface area (Å²) in [5.41, 5.74) is 5.76. The molecule has 2 aromatic heterocycles. The largest absolute Gasteiger partial charge is 0.467 e. The van der Waals surface area contributed by atoms with Crippen LogP contribution in [0.4, 0.5) is 5.82 Å². The first kappa shape index (κ1) is 12.7. The predicted molar refractivity (Wildman–Crippen MR) is 66.7 cm³/mol. The summed E-state index contributed by atoms with van der Waals surface area (Å²) in [5, 5.41) is 14.9. The van der Waals surface area contributed by atoms with E-state index in [0.717, 1.165) is 0 Å². The number of amides is 1. The van der Waals surface area contributed by atoms with Gasteiger partial charge in [0.1, 0.15) is 17.3 Å². The van der Waals surface area contributed by atoms with Gasteiger partial charge < -0.3 is 15.1 Å². The number of hydrogen-bond acceptors (Lipinski definition) is 5. The fourth-order valence-electron chi connectivity index (χ4n) is 1.65. The van der Waals surface area contributed by atoms with Crippen LogP contribution in [0, 0.1) is 11.3 Å². The lowest BCUT2D eigenvalue weighted by Crippen LogP contribution is -2.31. The number of H-pyrrole nitrogens is 1. The molecule has 0 saturated carbocycles.